The molecule has 0 radical (unpaired) electrons. The molecule has 3 nitrogen and oxygen atoms in total. The molecule has 1 unspecified atom stereocenters. The normalized spacial score (nSPS) is 13.6. The minimum absolute atomic E-state index is 0. The van der Waals surface area contributed by atoms with Gasteiger partial charge in [0.2, 0.25) is 0 Å². The number of alkyl halides is 1. The topological polar surface area (TPSA) is 57.2 Å². The molecule has 0 amide bonds. The molecule has 0 bridgehead atoms. The maximum absolute atomic E-state index is 12.3. The van der Waals surface area contributed by atoms with Crippen LogP contribution in [0.1, 0.15) is 32.6 Å². The van der Waals surface area contributed by atoms with Gasteiger partial charge in [-0.1, -0.05) is 19.8 Å². The smallest absolute Gasteiger partial charge is 0.746 e. The quantitative estimate of drug-likeness (QED) is 0.320. The van der Waals surface area contributed by atoms with Crippen LogP contribution in [0.25, 0.3) is 0 Å². The molecule has 0 aliphatic carbocycles. The molecule has 68 valence electrons. The predicted octanol–water partition coefficient (Wildman–Crippen LogP) is -1.59. The van der Waals surface area contributed by atoms with E-state index < -0.39 is 15.6 Å². The Hall–Kier alpha value is 1.48. The minimum atomic E-state index is -4.70. The van der Waals surface area contributed by atoms with Crippen LogP contribution in [-0.4, -0.2) is 18.5 Å². The van der Waals surface area contributed by atoms with Crippen LogP contribution in [0.15, 0.2) is 0 Å². The van der Waals surface area contributed by atoms with Crippen LogP contribution in [0.5, 0.6) is 0 Å². The molecule has 0 N–H and O–H groups in total. The van der Waals surface area contributed by atoms with Gasteiger partial charge in [0.25, 0.3) is 0 Å². The summed E-state index contributed by atoms with van der Waals surface area (Å²) in [5.74, 6) is 0. The van der Waals surface area contributed by atoms with Gasteiger partial charge in [0.05, 0.1) is 0 Å². The van der Waals surface area contributed by atoms with Gasteiger partial charge in [0.1, 0.15) is 10.1 Å². The van der Waals surface area contributed by atoms with Crippen LogP contribution < -0.4 is 51.4 Å². The molecule has 0 aromatic heterocycles. The maximum Gasteiger partial charge on any atom is 1.00 e. The van der Waals surface area contributed by atoms with Crippen LogP contribution in [-0.2, 0) is 10.1 Å². The first-order chi connectivity index (χ1) is 4.98. The van der Waals surface area contributed by atoms with Crippen LogP contribution in [0.4, 0.5) is 4.39 Å². The van der Waals surface area contributed by atoms with E-state index in [1.165, 1.54) is 0 Å². The van der Waals surface area contributed by atoms with E-state index in [9.17, 15) is 17.4 Å². The number of unbranched alkanes of at least 4 members (excludes halogenated alkanes) is 2. The second kappa shape index (κ2) is 7.84. The first-order valence-corrected chi connectivity index (χ1v) is 5.04. The van der Waals surface area contributed by atoms with Gasteiger partial charge in [-0.05, 0) is 12.8 Å². The molecule has 6 heteroatoms. The third-order valence-corrected chi connectivity index (χ3v) is 2.21. The Morgan fingerprint density at radius 3 is 2.25 bits per heavy atom. The van der Waals surface area contributed by atoms with Crippen molar-refractivity contribution in [3.8, 4) is 0 Å². The molecular weight excluding hydrogens is 210 g/mol. The van der Waals surface area contributed by atoms with Crippen LogP contribution in [0, 0.1) is 0 Å². The third-order valence-electron chi connectivity index (χ3n) is 1.35. The molecule has 0 aliphatic rings. The van der Waals surface area contributed by atoms with E-state index in [1.807, 2.05) is 6.92 Å². The van der Waals surface area contributed by atoms with Crippen molar-refractivity contribution in [3.63, 3.8) is 0 Å². The Morgan fingerprint density at radius 1 is 1.42 bits per heavy atom. The average molecular weight is 222 g/mol. The van der Waals surface area contributed by atoms with E-state index in [-0.39, 0.29) is 57.8 Å². The van der Waals surface area contributed by atoms with E-state index in [4.69, 9.17) is 0 Å². The summed E-state index contributed by atoms with van der Waals surface area (Å²) < 4.78 is 42.3. The van der Waals surface area contributed by atoms with E-state index >= 15 is 0 Å². The summed E-state index contributed by atoms with van der Waals surface area (Å²) >= 11 is 0. The molecule has 0 aromatic rings. The Morgan fingerprint density at radius 2 is 1.92 bits per heavy atom. The summed E-state index contributed by atoms with van der Waals surface area (Å²) in [5, 5.41) is 0. The van der Waals surface area contributed by atoms with E-state index in [0.717, 1.165) is 12.8 Å². The van der Waals surface area contributed by atoms with Gasteiger partial charge in [-0.25, -0.2) is 12.8 Å². The van der Waals surface area contributed by atoms with Gasteiger partial charge in [-0.2, -0.15) is 0 Å². The molecule has 12 heavy (non-hydrogen) atoms. The SMILES string of the molecule is CCCCCC(F)S(=O)(=O)[O-].[K+]. The fraction of sp³-hybridized carbons (Fsp3) is 1.00. The number of hydrogen-bond acceptors (Lipinski definition) is 3. The Labute approximate surface area is 115 Å². The molecule has 0 fully saturated rings. The second-order valence-corrected chi connectivity index (χ2v) is 3.90. The number of hydrogen-bond donors (Lipinski definition) is 0. The van der Waals surface area contributed by atoms with Gasteiger partial charge in [0.15, 0.2) is 5.50 Å². The van der Waals surface area contributed by atoms with Crippen molar-refractivity contribution < 1.29 is 68.7 Å². The van der Waals surface area contributed by atoms with Crippen molar-refractivity contribution in [2.45, 2.75) is 38.1 Å². The zero-order valence-electron chi connectivity index (χ0n) is 7.42. The second-order valence-electron chi connectivity index (χ2n) is 2.40. The van der Waals surface area contributed by atoms with Crippen molar-refractivity contribution in [3.05, 3.63) is 0 Å². The molecule has 0 heterocycles. The molecule has 0 aromatic carbocycles. The summed E-state index contributed by atoms with van der Waals surface area (Å²) in [7, 11) is -4.70. The largest absolute Gasteiger partial charge is 1.00 e. The van der Waals surface area contributed by atoms with Crippen molar-refractivity contribution >= 4 is 10.1 Å². The monoisotopic (exact) mass is 222 g/mol. The third kappa shape index (κ3) is 8.09. The Kier molecular flexibility index (Phi) is 10.4. The molecule has 0 saturated heterocycles. The molecule has 0 aliphatic heterocycles. The van der Waals surface area contributed by atoms with Gasteiger partial charge >= 0.3 is 51.4 Å². The molecular formula is C6H12FKO3S. The molecule has 0 rings (SSSR count). The number of halogens is 1. The number of rotatable bonds is 5. The fourth-order valence-corrected chi connectivity index (χ4v) is 1.15. The first-order valence-electron chi connectivity index (χ1n) is 3.57. The minimum Gasteiger partial charge on any atom is -0.746 e. The summed E-state index contributed by atoms with van der Waals surface area (Å²) in [5.41, 5.74) is -2.21. The summed E-state index contributed by atoms with van der Waals surface area (Å²) in [6.45, 7) is 1.92. The van der Waals surface area contributed by atoms with Gasteiger partial charge in [-0.3, -0.25) is 0 Å². The van der Waals surface area contributed by atoms with Crippen molar-refractivity contribution in [1.82, 2.24) is 0 Å². The van der Waals surface area contributed by atoms with Crippen LogP contribution >= 0.6 is 0 Å². The standard InChI is InChI=1S/C6H13FO3S.K/c1-2-3-4-5-6(7)11(8,9)10;/h6H,2-5H2,1H3,(H,8,9,10);/q;+1/p-1. The van der Waals surface area contributed by atoms with Crippen molar-refractivity contribution in [1.29, 1.82) is 0 Å². The van der Waals surface area contributed by atoms with Crippen molar-refractivity contribution in [2.75, 3.05) is 0 Å². The summed E-state index contributed by atoms with van der Waals surface area (Å²) in [4.78, 5) is 0. The van der Waals surface area contributed by atoms with E-state index in [1.54, 1.807) is 0 Å². The summed E-state index contributed by atoms with van der Waals surface area (Å²) in [6, 6.07) is 0. The summed E-state index contributed by atoms with van der Waals surface area (Å²) in [6.07, 6.45) is 1.93. The average Bonchev–Trinajstić information content (AvgIpc) is 1.86. The van der Waals surface area contributed by atoms with Crippen molar-refractivity contribution in [2.24, 2.45) is 0 Å². The Bertz CT molecular complexity index is 193. The zero-order valence-corrected chi connectivity index (χ0v) is 11.4. The predicted molar refractivity (Wildman–Crippen MR) is 38.7 cm³/mol. The van der Waals surface area contributed by atoms with Crippen LogP contribution in [0.3, 0.4) is 0 Å². The fourth-order valence-electron chi connectivity index (χ4n) is 0.699. The zero-order chi connectivity index (χ0) is 8.91. The molecule has 1 atom stereocenters. The van der Waals surface area contributed by atoms with E-state index in [2.05, 4.69) is 0 Å². The van der Waals surface area contributed by atoms with Crippen LogP contribution in [0.2, 0.25) is 0 Å². The molecule has 0 saturated carbocycles. The first kappa shape index (κ1) is 15.9. The van der Waals surface area contributed by atoms with Gasteiger partial charge < -0.3 is 4.55 Å². The van der Waals surface area contributed by atoms with E-state index in [0.29, 0.717) is 6.42 Å². The molecule has 0 spiro atoms. The van der Waals surface area contributed by atoms with Gasteiger partial charge in [0, 0.05) is 0 Å². The maximum atomic E-state index is 12.3. The Balaban J connectivity index is 0. The van der Waals surface area contributed by atoms with Gasteiger partial charge in [-0.15, -0.1) is 0 Å².